The molecule has 0 spiro atoms. The lowest BCUT2D eigenvalue weighted by molar-refractivity contribution is 0.344. The molecule has 0 fully saturated rings. The Morgan fingerprint density at radius 3 is 2.64 bits per heavy atom. The van der Waals surface area contributed by atoms with Gasteiger partial charge in [-0.25, -0.2) is 11.6 Å². The fourth-order valence-electron chi connectivity index (χ4n) is 0.760. The van der Waals surface area contributed by atoms with Crippen molar-refractivity contribution in [3.8, 4) is 5.75 Å². The van der Waals surface area contributed by atoms with Crippen LogP contribution in [0, 0.1) is 0 Å². The van der Waals surface area contributed by atoms with Gasteiger partial charge in [0.05, 0.1) is 6.61 Å². The Morgan fingerprint density at radius 2 is 2.00 bits per heavy atom. The second-order valence-corrected chi connectivity index (χ2v) is 3.14. The zero-order valence-corrected chi connectivity index (χ0v) is 7.43. The summed E-state index contributed by atoms with van der Waals surface area (Å²) in [6, 6.07) is 9.89. The van der Waals surface area contributed by atoms with Gasteiger partial charge in [-0.1, -0.05) is 18.2 Å². The van der Waals surface area contributed by atoms with Crippen LogP contribution in [0.3, 0.4) is 0 Å². The van der Waals surface area contributed by atoms with E-state index in [0.717, 1.165) is 18.1 Å². The van der Waals surface area contributed by atoms with Gasteiger partial charge in [0.2, 0.25) is 0 Å². The molecule has 0 atom stereocenters. The van der Waals surface area contributed by atoms with Crippen molar-refractivity contribution in [2.24, 2.45) is 0 Å². The standard InChI is InChI=1S/C8H11BOS/c9-11-7-6-10-8-4-2-1-3-5-8/h1-5H,6-7,9H2. The van der Waals surface area contributed by atoms with Crippen molar-refractivity contribution in [3.05, 3.63) is 30.3 Å². The van der Waals surface area contributed by atoms with Crippen molar-refractivity contribution < 1.29 is 4.74 Å². The number of rotatable bonds is 4. The molecule has 0 aliphatic heterocycles. The van der Waals surface area contributed by atoms with Gasteiger partial charge >= 0.3 is 0 Å². The normalized spacial score (nSPS) is 9.45. The zero-order chi connectivity index (χ0) is 7.94. The molecule has 0 N–H and O–H groups in total. The number of para-hydroxylation sites is 1. The maximum Gasteiger partial charge on any atom is 0.173 e. The predicted molar refractivity (Wildman–Crippen MR) is 52.9 cm³/mol. The number of benzene rings is 1. The molecule has 58 valence electrons. The van der Waals surface area contributed by atoms with Crippen LogP contribution in [-0.2, 0) is 0 Å². The molecule has 0 unspecified atom stereocenters. The first-order valence-electron chi connectivity index (χ1n) is 3.60. The van der Waals surface area contributed by atoms with E-state index in [1.54, 1.807) is 11.6 Å². The highest BCUT2D eigenvalue weighted by molar-refractivity contribution is 8.19. The highest BCUT2D eigenvalue weighted by atomic mass is 32.2. The van der Waals surface area contributed by atoms with E-state index in [-0.39, 0.29) is 0 Å². The zero-order valence-electron chi connectivity index (χ0n) is 6.62. The first-order chi connectivity index (χ1) is 5.43. The molecule has 3 heteroatoms. The molecule has 0 aromatic heterocycles. The molecule has 1 rings (SSSR count). The first kappa shape index (κ1) is 8.53. The van der Waals surface area contributed by atoms with Crippen LogP contribution in [0.1, 0.15) is 0 Å². The van der Waals surface area contributed by atoms with Gasteiger partial charge in [0.15, 0.2) is 7.12 Å². The molecule has 1 aromatic rings. The summed E-state index contributed by atoms with van der Waals surface area (Å²) >= 11 is 1.80. The van der Waals surface area contributed by atoms with E-state index in [4.69, 9.17) is 4.74 Å². The lowest BCUT2D eigenvalue weighted by atomic mass is 10.3. The van der Waals surface area contributed by atoms with Crippen LogP contribution >= 0.6 is 11.6 Å². The second kappa shape index (κ2) is 5.13. The topological polar surface area (TPSA) is 9.23 Å². The third-order valence-electron chi connectivity index (χ3n) is 1.30. The minimum absolute atomic E-state index is 0.797. The van der Waals surface area contributed by atoms with E-state index in [0.29, 0.717) is 0 Å². The van der Waals surface area contributed by atoms with Gasteiger partial charge in [0.1, 0.15) is 5.75 Å². The smallest absolute Gasteiger partial charge is 0.173 e. The third kappa shape index (κ3) is 3.37. The van der Waals surface area contributed by atoms with Crippen molar-refractivity contribution >= 4 is 18.7 Å². The summed E-state index contributed by atoms with van der Waals surface area (Å²) < 4.78 is 5.43. The molecular weight excluding hydrogens is 155 g/mol. The first-order valence-corrected chi connectivity index (χ1v) is 4.99. The lowest BCUT2D eigenvalue weighted by Gasteiger charge is -2.03. The summed E-state index contributed by atoms with van der Waals surface area (Å²) in [5.41, 5.74) is 0. The maximum absolute atomic E-state index is 5.43. The Balaban J connectivity index is 2.28. The molecule has 0 aliphatic carbocycles. The van der Waals surface area contributed by atoms with Crippen molar-refractivity contribution in [2.75, 3.05) is 12.4 Å². The molecule has 0 bridgehead atoms. The molecule has 1 aromatic carbocycles. The van der Waals surface area contributed by atoms with E-state index < -0.39 is 0 Å². The summed E-state index contributed by atoms with van der Waals surface area (Å²) in [6.07, 6.45) is 0. The Morgan fingerprint density at radius 1 is 1.27 bits per heavy atom. The van der Waals surface area contributed by atoms with Gasteiger partial charge in [-0.05, 0) is 12.1 Å². The van der Waals surface area contributed by atoms with E-state index in [1.165, 1.54) is 0 Å². The molecule has 0 heterocycles. The van der Waals surface area contributed by atoms with Crippen LogP contribution in [0.4, 0.5) is 0 Å². The average molecular weight is 166 g/mol. The van der Waals surface area contributed by atoms with Crippen LogP contribution in [0.5, 0.6) is 5.75 Å². The molecule has 0 radical (unpaired) electrons. The molecular formula is C8H11BOS. The Kier molecular flexibility index (Phi) is 3.98. The Hall–Kier alpha value is -0.565. The molecule has 0 saturated carbocycles. The predicted octanol–water partition coefficient (Wildman–Crippen LogP) is 1.35. The van der Waals surface area contributed by atoms with Crippen molar-refractivity contribution in [2.45, 2.75) is 0 Å². The fourth-order valence-corrected chi connectivity index (χ4v) is 1.01. The molecule has 0 amide bonds. The van der Waals surface area contributed by atoms with Gasteiger partial charge in [0.25, 0.3) is 0 Å². The third-order valence-corrected chi connectivity index (χ3v) is 1.87. The minimum atomic E-state index is 0.797. The second-order valence-electron chi connectivity index (χ2n) is 2.15. The summed E-state index contributed by atoms with van der Waals surface area (Å²) in [6.45, 7) is 0.797. The number of hydrogen-bond donors (Lipinski definition) is 0. The summed E-state index contributed by atoms with van der Waals surface area (Å²) in [5, 5.41) is 0. The quantitative estimate of drug-likeness (QED) is 0.493. The summed E-state index contributed by atoms with van der Waals surface area (Å²) in [4.78, 5) is 0. The number of ether oxygens (including phenoxy) is 1. The van der Waals surface area contributed by atoms with Crippen LogP contribution in [0.15, 0.2) is 30.3 Å². The maximum atomic E-state index is 5.43. The van der Waals surface area contributed by atoms with E-state index in [2.05, 4.69) is 7.12 Å². The summed E-state index contributed by atoms with van der Waals surface area (Å²) in [5.74, 6) is 2.01. The monoisotopic (exact) mass is 166 g/mol. The minimum Gasteiger partial charge on any atom is -0.493 e. The van der Waals surface area contributed by atoms with Gasteiger partial charge in [-0.3, -0.25) is 0 Å². The molecule has 1 nitrogen and oxygen atoms in total. The largest absolute Gasteiger partial charge is 0.493 e. The van der Waals surface area contributed by atoms with Crippen molar-refractivity contribution in [1.82, 2.24) is 0 Å². The van der Waals surface area contributed by atoms with Crippen LogP contribution in [-0.4, -0.2) is 19.5 Å². The van der Waals surface area contributed by atoms with Gasteiger partial charge in [-0.2, -0.15) is 0 Å². The Bertz CT molecular complexity index is 191. The van der Waals surface area contributed by atoms with Crippen LogP contribution in [0.25, 0.3) is 0 Å². The fraction of sp³-hybridized carbons (Fsp3) is 0.250. The van der Waals surface area contributed by atoms with Crippen molar-refractivity contribution in [1.29, 1.82) is 0 Å². The van der Waals surface area contributed by atoms with E-state index in [1.807, 2.05) is 30.3 Å². The lowest BCUT2D eigenvalue weighted by Crippen LogP contribution is -1.99. The number of hydrogen-bond acceptors (Lipinski definition) is 2. The molecule has 0 aliphatic rings. The van der Waals surface area contributed by atoms with Gasteiger partial charge in [-0.15, -0.1) is 0 Å². The average Bonchev–Trinajstić information content (AvgIpc) is 2.07. The SMILES string of the molecule is BSCCOc1ccccc1. The van der Waals surface area contributed by atoms with Crippen molar-refractivity contribution in [3.63, 3.8) is 0 Å². The highest BCUT2D eigenvalue weighted by Gasteiger charge is 1.88. The van der Waals surface area contributed by atoms with Crippen LogP contribution < -0.4 is 4.74 Å². The van der Waals surface area contributed by atoms with Gasteiger partial charge in [0, 0.05) is 5.75 Å². The molecule has 11 heavy (non-hydrogen) atoms. The van der Waals surface area contributed by atoms with Crippen LogP contribution in [0.2, 0.25) is 0 Å². The Labute approximate surface area is 72.4 Å². The summed E-state index contributed by atoms with van der Waals surface area (Å²) in [7, 11) is 2.08. The van der Waals surface area contributed by atoms with Gasteiger partial charge < -0.3 is 4.74 Å². The molecule has 0 saturated heterocycles. The highest BCUT2D eigenvalue weighted by Crippen LogP contribution is 2.08. The van der Waals surface area contributed by atoms with E-state index in [9.17, 15) is 0 Å². The van der Waals surface area contributed by atoms with E-state index >= 15 is 0 Å².